The molecular formula is C19H17Cl2N5O2. The normalized spacial score (nSPS) is 19.1. The average Bonchev–Trinajstić information content (AvgIpc) is 3.14. The van der Waals surface area contributed by atoms with Gasteiger partial charge in [0, 0.05) is 11.2 Å². The first kappa shape index (κ1) is 18.7. The van der Waals surface area contributed by atoms with Gasteiger partial charge in [0.2, 0.25) is 5.88 Å². The Bertz CT molecular complexity index is 1040. The first-order chi connectivity index (χ1) is 13.5. The van der Waals surface area contributed by atoms with E-state index in [-0.39, 0.29) is 12.1 Å². The van der Waals surface area contributed by atoms with Crippen molar-refractivity contribution in [3.8, 4) is 11.6 Å². The minimum Gasteiger partial charge on any atom is -0.479 e. The number of hydrogen-bond acceptors (Lipinski definition) is 6. The van der Waals surface area contributed by atoms with Gasteiger partial charge in [-0.1, -0.05) is 35.3 Å². The van der Waals surface area contributed by atoms with E-state index in [1.165, 1.54) is 0 Å². The molecule has 3 aromatic rings. The van der Waals surface area contributed by atoms with E-state index in [1.54, 1.807) is 24.2 Å². The van der Waals surface area contributed by atoms with Crippen molar-refractivity contribution in [1.82, 2.24) is 20.0 Å². The maximum Gasteiger partial charge on any atom is 0.238 e. The van der Waals surface area contributed by atoms with Crippen LogP contribution in [0.25, 0.3) is 5.69 Å². The summed E-state index contributed by atoms with van der Waals surface area (Å²) in [6.07, 6.45) is 3.10. The average molecular weight is 418 g/mol. The molecule has 2 unspecified atom stereocenters. The fraction of sp³-hybridized carbons (Fsp3) is 0.211. The van der Waals surface area contributed by atoms with Crippen molar-refractivity contribution in [2.75, 3.05) is 7.11 Å². The van der Waals surface area contributed by atoms with Crippen molar-refractivity contribution in [3.05, 3.63) is 70.4 Å². The van der Waals surface area contributed by atoms with Crippen molar-refractivity contribution in [2.45, 2.75) is 19.1 Å². The summed E-state index contributed by atoms with van der Waals surface area (Å²) < 4.78 is 7.18. The molecule has 2 atom stereocenters. The Hall–Kier alpha value is -2.61. The molecule has 0 bridgehead atoms. The summed E-state index contributed by atoms with van der Waals surface area (Å²) in [5.74, 6) is 0.922. The largest absolute Gasteiger partial charge is 0.479 e. The molecule has 9 heteroatoms. The first-order valence-electron chi connectivity index (χ1n) is 8.55. The quantitative estimate of drug-likeness (QED) is 0.694. The lowest BCUT2D eigenvalue weighted by Crippen LogP contribution is -2.38. The number of hydroxylamine groups is 1. The number of hydrogen-bond donors (Lipinski definition) is 1. The van der Waals surface area contributed by atoms with Crippen LogP contribution in [0.2, 0.25) is 10.2 Å². The van der Waals surface area contributed by atoms with Crippen LogP contribution in [0.4, 0.5) is 0 Å². The maximum atomic E-state index is 6.13. The van der Waals surface area contributed by atoms with Crippen LogP contribution >= 0.6 is 23.2 Å². The number of halogens is 2. The van der Waals surface area contributed by atoms with Gasteiger partial charge in [0.1, 0.15) is 35.0 Å². The van der Waals surface area contributed by atoms with Gasteiger partial charge in [0.25, 0.3) is 0 Å². The van der Waals surface area contributed by atoms with Crippen LogP contribution in [0.3, 0.4) is 0 Å². The van der Waals surface area contributed by atoms with Gasteiger partial charge in [0.15, 0.2) is 5.84 Å². The van der Waals surface area contributed by atoms with Crippen molar-refractivity contribution in [2.24, 2.45) is 4.99 Å². The topological polar surface area (TPSA) is 73.6 Å². The summed E-state index contributed by atoms with van der Waals surface area (Å²) in [6, 6.07) is 11.1. The lowest BCUT2D eigenvalue weighted by atomic mass is 10.0. The lowest BCUT2D eigenvalue weighted by Gasteiger charge is -2.28. The van der Waals surface area contributed by atoms with Crippen molar-refractivity contribution in [3.63, 3.8) is 0 Å². The summed E-state index contributed by atoms with van der Waals surface area (Å²) >= 11 is 12.0. The Balaban J connectivity index is 1.70. The number of nitrogens with zero attached hydrogens (tertiary/aromatic N) is 4. The number of benzene rings is 1. The second-order valence-electron chi connectivity index (χ2n) is 6.23. The van der Waals surface area contributed by atoms with E-state index < -0.39 is 0 Å². The predicted octanol–water partition coefficient (Wildman–Crippen LogP) is 3.99. The summed E-state index contributed by atoms with van der Waals surface area (Å²) in [6.45, 7) is 1.94. The highest BCUT2D eigenvalue weighted by atomic mass is 35.5. The van der Waals surface area contributed by atoms with Crippen LogP contribution in [-0.2, 0) is 4.84 Å². The highest BCUT2D eigenvalue weighted by Crippen LogP contribution is 2.29. The van der Waals surface area contributed by atoms with E-state index >= 15 is 0 Å². The Morgan fingerprint density at radius 3 is 2.79 bits per heavy atom. The summed E-state index contributed by atoms with van der Waals surface area (Å²) in [4.78, 5) is 19.1. The zero-order valence-electron chi connectivity index (χ0n) is 15.1. The first-order valence-corrected chi connectivity index (χ1v) is 9.31. The van der Waals surface area contributed by atoms with Gasteiger partial charge in [-0.3, -0.25) is 14.4 Å². The van der Waals surface area contributed by atoms with Crippen molar-refractivity contribution in [1.29, 1.82) is 0 Å². The molecule has 0 aliphatic carbocycles. The second kappa shape index (κ2) is 7.79. The fourth-order valence-corrected chi connectivity index (χ4v) is 3.33. The van der Waals surface area contributed by atoms with Crippen LogP contribution < -0.4 is 10.2 Å². The highest BCUT2D eigenvalue weighted by Gasteiger charge is 2.27. The van der Waals surface area contributed by atoms with Crippen LogP contribution in [0.5, 0.6) is 5.88 Å². The number of methoxy groups -OCH3 is 1. The lowest BCUT2D eigenvalue weighted by molar-refractivity contribution is -0.00478. The number of aromatic nitrogens is 3. The SMILES string of the molecule is COc1nc(C2=NC(c3cccc(Cl)c3)C(C)ON2)ccc1-n1cnc(Cl)c1. The maximum absolute atomic E-state index is 6.13. The Labute approximate surface area is 171 Å². The van der Waals surface area contributed by atoms with Crippen LogP contribution in [0.15, 0.2) is 53.9 Å². The third kappa shape index (κ3) is 3.69. The number of rotatable bonds is 4. The molecule has 3 heterocycles. The molecule has 2 aromatic heterocycles. The summed E-state index contributed by atoms with van der Waals surface area (Å²) in [7, 11) is 1.55. The van der Waals surface area contributed by atoms with Gasteiger partial charge >= 0.3 is 0 Å². The second-order valence-corrected chi connectivity index (χ2v) is 7.05. The molecule has 28 heavy (non-hydrogen) atoms. The molecule has 0 radical (unpaired) electrons. The number of pyridine rings is 1. The molecule has 4 rings (SSSR count). The standard InChI is InChI=1S/C19H17Cl2N5O2/c1-11-17(12-4-3-5-13(20)8-12)24-18(25-28-11)14-6-7-15(19(23-14)27-2)26-9-16(21)22-10-26/h3-11,17H,1-2H3,(H,24,25). The van der Waals surface area contributed by atoms with Gasteiger partial charge in [-0.15, -0.1) is 0 Å². The molecule has 7 nitrogen and oxygen atoms in total. The molecule has 0 saturated heterocycles. The van der Waals surface area contributed by atoms with Gasteiger partial charge in [-0.2, -0.15) is 0 Å². The molecule has 0 spiro atoms. The number of imidazole rings is 1. The third-order valence-electron chi connectivity index (χ3n) is 4.35. The molecular weight excluding hydrogens is 401 g/mol. The number of amidine groups is 1. The van der Waals surface area contributed by atoms with Crippen molar-refractivity contribution >= 4 is 29.0 Å². The molecule has 1 aliphatic rings. The minimum atomic E-state index is -0.213. The molecule has 144 valence electrons. The third-order valence-corrected chi connectivity index (χ3v) is 4.78. The van der Waals surface area contributed by atoms with Crippen LogP contribution in [0, 0.1) is 0 Å². The monoisotopic (exact) mass is 417 g/mol. The van der Waals surface area contributed by atoms with E-state index in [9.17, 15) is 0 Å². The van der Waals surface area contributed by atoms with Crippen molar-refractivity contribution < 1.29 is 9.57 Å². The summed E-state index contributed by atoms with van der Waals surface area (Å²) in [5.41, 5.74) is 5.14. The molecule has 1 aromatic carbocycles. The number of aliphatic imine (C=N–C) groups is 1. The molecule has 1 aliphatic heterocycles. The van der Waals surface area contributed by atoms with E-state index in [2.05, 4.69) is 15.4 Å². The van der Waals surface area contributed by atoms with E-state index in [0.29, 0.717) is 33.3 Å². The van der Waals surface area contributed by atoms with Crippen LogP contribution in [-0.4, -0.2) is 33.6 Å². The van der Waals surface area contributed by atoms with Gasteiger partial charge in [-0.25, -0.2) is 15.4 Å². The van der Waals surface area contributed by atoms with Crippen LogP contribution in [0.1, 0.15) is 24.2 Å². The smallest absolute Gasteiger partial charge is 0.238 e. The highest BCUT2D eigenvalue weighted by molar-refractivity contribution is 6.30. The minimum absolute atomic E-state index is 0.170. The Morgan fingerprint density at radius 1 is 1.21 bits per heavy atom. The predicted molar refractivity (Wildman–Crippen MR) is 107 cm³/mol. The van der Waals surface area contributed by atoms with E-state index in [4.69, 9.17) is 37.8 Å². The van der Waals surface area contributed by atoms with E-state index in [0.717, 1.165) is 5.56 Å². The van der Waals surface area contributed by atoms with Gasteiger partial charge in [0.05, 0.1) is 7.11 Å². The molecule has 0 saturated carbocycles. The van der Waals surface area contributed by atoms with Gasteiger partial charge in [-0.05, 0) is 36.8 Å². The number of nitrogens with one attached hydrogen (secondary N) is 1. The van der Waals surface area contributed by atoms with Gasteiger partial charge < -0.3 is 4.74 Å². The van der Waals surface area contributed by atoms with E-state index in [1.807, 2.05) is 43.3 Å². The number of ether oxygens (including phenoxy) is 1. The summed E-state index contributed by atoms with van der Waals surface area (Å²) in [5, 5.41) is 1.04. The molecule has 0 amide bonds. The zero-order valence-corrected chi connectivity index (χ0v) is 16.6. The zero-order chi connectivity index (χ0) is 19.7. The Morgan fingerprint density at radius 2 is 2.07 bits per heavy atom. The molecule has 1 N–H and O–H groups in total. The Kier molecular flexibility index (Phi) is 5.21. The fourth-order valence-electron chi connectivity index (χ4n) is 2.98. The molecule has 0 fully saturated rings.